The van der Waals surface area contributed by atoms with Crippen molar-refractivity contribution < 1.29 is 8.42 Å². The summed E-state index contributed by atoms with van der Waals surface area (Å²) in [5, 5.41) is 0. The van der Waals surface area contributed by atoms with Gasteiger partial charge in [-0.05, 0) is 68.5 Å². The van der Waals surface area contributed by atoms with Gasteiger partial charge in [-0.1, -0.05) is 12.1 Å². The van der Waals surface area contributed by atoms with E-state index in [-0.39, 0.29) is 0 Å². The Bertz CT molecular complexity index is 770. The lowest BCUT2D eigenvalue weighted by molar-refractivity contribution is 0.599. The fraction of sp³-hybridized carbons (Fsp3) is 0.312. The zero-order chi connectivity index (χ0) is 15.8. The SMILES string of the molecule is Cc1cccnc1NS(=O)(=O)c1c(C)c(C)cc(C)c1C. The van der Waals surface area contributed by atoms with Crippen molar-refractivity contribution in [2.24, 2.45) is 0 Å². The first-order chi connectivity index (χ1) is 9.74. The highest BCUT2D eigenvalue weighted by Crippen LogP contribution is 2.27. The Labute approximate surface area is 126 Å². The zero-order valence-corrected chi connectivity index (χ0v) is 13.8. The Hall–Kier alpha value is -1.88. The Morgan fingerprint density at radius 1 is 0.952 bits per heavy atom. The lowest BCUT2D eigenvalue weighted by Gasteiger charge is -2.17. The van der Waals surface area contributed by atoms with E-state index >= 15 is 0 Å². The fourth-order valence-corrected chi connectivity index (χ4v) is 4.05. The summed E-state index contributed by atoms with van der Waals surface area (Å²) in [4.78, 5) is 4.45. The summed E-state index contributed by atoms with van der Waals surface area (Å²) in [5.41, 5.74) is 4.28. The van der Waals surface area contributed by atoms with E-state index in [1.54, 1.807) is 12.3 Å². The largest absolute Gasteiger partial charge is 0.263 e. The van der Waals surface area contributed by atoms with Crippen molar-refractivity contribution in [3.05, 3.63) is 52.2 Å². The zero-order valence-electron chi connectivity index (χ0n) is 13.0. The van der Waals surface area contributed by atoms with Crippen molar-refractivity contribution in [2.75, 3.05) is 4.72 Å². The van der Waals surface area contributed by atoms with Crippen LogP contribution in [0, 0.1) is 34.6 Å². The molecule has 0 saturated carbocycles. The number of hydrogen-bond donors (Lipinski definition) is 1. The van der Waals surface area contributed by atoms with Gasteiger partial charge in [0.1, 0.15) is 5.82 Å². The van der Waals surface area contributed by atoms with E-state index in [0.29, 0.717) is 10.7 Å². The van der Waals surface area contributed by atoms with Crippen molar-refractivity contribution in [1.29, 1.82) is 0 Å². The van der Waals surface area contributed by atoms with E-state index in [1.165, 1.54) is 0 Å². The maximum atomic E-state index is 12.7. The topological polar surface area (TPSA) is 59.1 Å². The molecule has 1 heterocycles. The molecule has 0 saturated heterocycles. The van der Waals surface area contributed by atoms with E-state index in [2.05, 4.69) is 9.71 Å². The van der Waals surface area contributed by atoms with Gasteiger partial charge in [0.2, 0.25) is 0 Å². The molecule has 2 rings (SSSR count). The normalized spacial score (nSPS) is 11.5. The van der Waals surface area contributed by atoms with Gasteiger partial charge in [-0.15, -0.1) is 0 Å². The van der Waals surface area contributed by atoms with Crippen LogP contribution in [0.15, 0.2) is 29.3 Å². The molecule has 0 bridgehead atoms. The second-order valence-corrected chi connectivity index (χ2v) is 6.98. The van der Waals surface area contributed by atoms with Crippen LogP contribution in [0.5, 0.6) is 0 Å². The molecule has 1 aromatic heterocycles. The van der Waals surface area contributed by atoms with Crippen molar-refractivity contribution >= 4 is 15.8 Å². The first kappa shape index (κ1) is 15.5. The fourth-order valence-electron chi connectivity index (χ4n) is 2.35. The number of aromatic nitrogens is 1. The van der Waals surface area contributed by atoms with Gasteiger partial charge in [0.15, 0.2) is 0 Å². The number of nitrogens with one attached hydrogen (secondary N) is 1. The molecule has 5 heteroatoms. The van der Waals surface area contributed by atoms with Crippen molar-refractivity contribution in [3.8, 4) is 0 Å². The third-order valence-corrected chi connectivity index (χ3v) is 5.42. The monoisotopic (exact) mass is 304 g/mol. The molecule has 0 spiro atoms. The number of hydrogen-bond acceptors (Lipinski definition) is 3. The van der Waals surface area contributed by atoms with Crippen molar-refractivity contribution in [3.63, 3.8) is 0 Å². The molecular weight excluding hydrogens is 284 g/mol. The van der Waals surface area contributed by atoms with Gasteiger partial charge in [0, 0.05) is 6.20 Å². The van der Waals surface area contributed by atoms with Gasteiger partial charge in [0.05, 0.1) is 4.90 Å². The molecule has 0 amide bonds. The molecule has 0 radical (unpaired) electrons. The van der Waals surface area contributed by atoms with Crippen LogP contribution in [0.1, 0.15) is 27.8 Å². The molecule has 1 aromatic carbocycles. The Morgan fingerprint density at radius 3 is 2.05 bits per heavy atom. The van der Waals surface area contributed by atoms with E-state index in [0.717, 1.165) is 27.8 Å². The molecule has 0 fully saturated rings. The second-order valence-electron chi connectivity index (χ2n) is 5.36. The highest BCUT2D eigenvalue weighted by molar-refractivity contribution is 7.92. The number of rotatable bonds is 3. The van der Waals surface area contributed by atoms with Gasteiger partial charge in [-0.25, -0.2) is 13.4 Å². The molecule has 1 N–H and O–H groups in total. The van der Waals surface area contributed by atoms with Crippen LogP contribution in [0.25, 0.3) is 0 Å². The van der Waals surface area contributed by atoms with Crippen LogP contribution in [-0.4, -0.2) is 13.4 Å². The van der Waals surface area contributed by atoms with Crippen LogP contribution < -0.4 is 4.72 Å². The van der Waals surface area contributed by atoms with Gasteiger partial charge in [-0.2, -0.15) is 0 Å². The summed E-state index contributed by atoms with van der Waals surface area (Å²) in [5.74, 6) is 0.371. The van der Waals surface area contributed by atoms with E-state index in [4.69, 9.17) is 0 Å². The predicted octanol–water partition coefficient (Wildman–Crippen LogP) is 3.42. The maximum Gasteiger partial charge on any atom is 0.263 e. The van der Waals surface area contributed by atoms with Crippen LogP contribution in [-0.2, 0) is 10.0 Å². The van der Waals surface area contributed by atoms with E-state index in [1.807, 2.05) is 46.8 Å². The first-order valence-electron chi connectivity index (χ1n) is 6.76. The van der Waals surface area contributed by atoms with Gasteiger partial charge < -0.3 is 0 Å². The molecule has 0 unspecified atom stereocenters. The smallest absolute Gasteiger partial charge is 0.263 e. The highest BCUT2D eigenvalue weighted by atomic mass is 32.2. The van der Waals surface area contributed by atoms with E-state index < -0.39 is 10.0 Å². The second kappa shape index (κ2) is 5.48. The summed E-state index contributed by atoms with van der Waals surface area (Å²) in [6.45, 7) is 9.34. The Morgan fingerprint density at radius 2 is 1.52 bits per heavy atom. The van der Waals surface area contributed by atoms with E-state index in [9.17, 15) is 8.42 Å². The number of nitrogens with zero attached hydrogens (tertiary/aromatic N) is 1. The van der Waals surface area contributed by atoms with Crippen LogP contribution in [0.3, 0.4) is 0 Å². The molecule has 0 aliphatic carbocycles. The van der Waals surface area contributed by atoms with Crippen molar-refractivity contribution in [1.82, 2.24) is 4.98 Å². The standard InChI is InChI=1S/C16H20N2O2S/c1-10-7-6-8-17-16(10)18-21(19,20)15-13(4)11(2)9-12(3)14(15)5/h6-9H,1-5H3,(H,17,18). The third-order valence-electron chi connectivity index (χ3n) is 3.81. The van der Waals surface area contributed by atoms with Gasteiger partial charge in [-0.3, -0.25) is 4.72 Å². The van der Waals surface area contributed by atoms with Gasteiger partial charge >= 0.3 is 0 Å². The average Bonchev–Trinajstić information content (AvgIpc) is 2.39. The number of sulfonamides is 1. The van der Waals surface area contributed by atoms with Crippen LogP contribution in [0.2, 0.25) is 0 Å². The van der Waals surface area contributed by atoms with Crippen LogP contribution in [0.4, 0.5) is 5.82 Å². The Kier molecular flexibility index (Phi) is 4.05. The Balaban J connectivity index is 2.58. The number of benzene rings is 1. The molecular formula is C16H20N2O2S. The minimum absolute atomic E-state index is 0.352. The minimum atomic E-state index is -3.65. The lowest BCUT2D eigenvalue weighted by Crippen LogP contribution is -2.18. The molecule has 4 nitrogen and oxygen atoms in total. The summed E-state index contributed by atoms with van der Waals surface area (Å²) in [7, 11) is -3.65. The lowest BCUT2D eigenvalue weighted by atomic mass is 10.0. The molecule has 21 heavy (non-hydrogen) atoms. The van der Waals surface area contributed by atoms with Crippen LogP contribution >= 0.6 is 0 Å². The number of anilines is 1. The maximum absolute atomic E-state index is 12.7. The third kappa shape index (κ3) is 2.93. The minimum Gasteiger partial charge on any atom is -0.263 e. The summed E-state index contributed by atoms with van der Waals surface area (Å²) >= 11 is 0. The highest BCUT2D eigenvalue weighted by Gasteiger charge is 2.23. The molecule has 112 valence electrons. The molecule has 0 aliphatic heterocycles. The molecule has 2 aromatic rings. The molecule has 0 aliphatic rings. The summed E-state index contributed by atoms with van der Waals surface area (Å²) < 4.78 is 28.1. The molecule has 0 atom stereocenters. The number of pyridine rings is 1. The summed E-state index contributed by atoms with van der Waals surface area (Å²) in [6.07, 6.45) is 1.58. The van der Waals surface area contributed by atoms with Crippen molar-refractivity contribution in [2.45, 2.75) is 39.5 Å². The first-order valence-corrected chi connectivity index (χ1v) is 8.24. The van der Waals surface area contributed by atoms with Gasteiger partial charge in [0.25, 0.3) is 10.0 Å². The average molecular weight is 304 g/mol. The predicted molar refractivity (Wildman–Crippen MR) is 85.2 cm³/mol. The quantitative estimate of drug-likeness (QED) is 0.945. The summed E-state index contributed by atoms with van der Waals surface area (Å²) in [6, 6.07) is 5.61. The number of aryl methyl sites for hydroxylation is 3.